The van der Waals surface area contributed by atoms with Crippen LogP contribution in [0.25, 0.3) is 0 Å². The summed E-state index contributed by atoms with van der Waals surface area (Å²) in [5.41, 5.74) is 3.22. The van der Waals surface area contributed by atoms with Crippen LogP contribution in [-0.2, 0) is 0 Å². The first-order valence-corrected chi connectivity index (χ1v) is 11.5. The molecule has 5 nitrogen and oxygen atoms in total. The molecule has 0 aliphatic carbocycles. The number of hydrogen-bond donors (Lipinski definition) is 0. The topological polar surface area (TPSA) is 43.3 Å². The Morgan fingerprint density at radius 3 is 2.87 bits per heavy atom. The van der Waals surface area contributed by atoms with Crippen molar-refractivity contribution in [3.63, 3.8) is 0 Å². The quantitative estimate of drug-likeness (QED) is 0.434. The van der Waals surface area contributed by atoms with Crippen molar-refractivity contribution in [3.8, 4) is 17.2 Å². The van der Waals surface area contributed by atoms with Crippen molar-refractivity contribution in [3.05, 3.63) is 74.4 Å². The van der Waals surface area contributed by atoms with Gasteiger partial charge in [-0.2, -0.15) is 5.10 Å². The third kappa shape index (κ3) is 3.26. The Morgan fingerprint density at radius 2 is 2.10 bits per heavy atom. The highest BCUT2D eigenvalue weighted by atomic mass is 79.9. The zero-order valence-electron chi connectivity index (χ0n) is 16.7. The minimum absolute atomic E-state index is 0.133. The Balaban J connectivity index is 1.60. The SMILES string of the molecule is CCOc1c(Br)cc([C@@H]2Oc3ccccc3[C@H]3CC(c4cccs4)=NN32)cc1OC. The predicted molar refractivity (Wildman–Crippen MR) is 122 cm³/mol. The summed E-state index contributed by atoms with van der Waals surface area (Å²) >= 11 is 5.36. The molecule has 0 spiro atoms. The standard InChI is InChI=1S/C23H21BrN2O3S/c1-3-28-22-16(24)11-14(12-20(22)27-2)23-26-18(15-7-4-5-8-19(15)29-23)13-17(25-26)21-9-6-10-30-21/h4-12,18,23H,3,13H2,1-2H3/t18-,23+/m1/s1. The predicted octanol–water partition coefficient (Wildman–Crippen LogP) is 6.16. The maximum absolute atomic E-state index is 6.46. The van der Waals surface area contributed by atoms with Gasteiger partial charge in [0.2, 0.25) is 6.23 Å². The van der Waals surface area contributed by atoms with Crippen LogP contribution in [0.1, 0.15) is 41.6 Å². The van der Waals surface area contributed by atoms with Crippen molar-refractivity contribution >= 4 is 33.0 Å². The number of ether oxygens (including phenoxy) is 3. The zero-order chi connectivity index (χ0) is 20.7. The van der Waals surface area contributed by atoms with Crippen LogP contribution < -0.4 is 14.2 Å². The smallest absolute Gasteiger partial charge is 0.214 e. The number of hydrazone groups is 1. The minimum Gasteiger partial charge on any atom is -0.493 e. The summed E-state index contributed by atoms with van der Waals surface area (Å²) in [4.78, 5) is 1.20. The van der Waals surface area contributed by atoms with E-state index in [1.165, 1.54) is 10.4 Å². The molecule has 0 saturated heterocycles. The van der Waals surface area contributed by atoms with Crippen LogP contribution in [0.3, 0.4) is 0 Å². The van der Waals surface area contributed by atoms with Crippen LogP contribution in [0, 0.1) is 0 Å². The van der Waals surface area contributed by atoms with Crippen LogP contribution in [-0.4, -0.2) is 24.4 Å². The van der Waals surface area contributed by atoms with Crippen molar-refractivity contribution in [2.24, 2.45) is 5.10 Å². The van der Waals surface area contributed by atoms with E-state index in [9.17, 15) is 0 Å². The van der Waals surface area contributed by atoms with Gasteiger partial charge in [-0.1, -0.05) is 24.3 Å². The summed E-state index contributed by atoms with van der Waals surface area (Å²) in [7, 11) is 1.65. The molecule has 154 valence electrons. The zero-order valence-corrected chi connectivity index (χ0v) is 19.1. The van der Waals surface area contributed by atoms with E-state index in [0.29, 0.717) is 18.1 Å². The average Bonchev–Trinajstić information content (AvgIpc) is 3.44. The van der Waals surface area contributed by atoms with Crippen molar-refractivity contribution in [2.45, 2.75) is 25.6 Å². The summed E-state index contributed by atoms with van der Waals surface area (Å²) < 4.78 is 18.7. The van der Waals surface area contributed by atoms with Gasteiger partial charge in [0.1, 0.15) is 5.75 Å². The fourth-order valence-electron chi connectivity index (χ4n) is 4.01. The molecule has 30 heavy (non-hydrogen) atoms. The number of thiophene rings is 1. The van der Waals surface area contributed by atoms with Gasteiger partial charge in [0, 0.05) is 17.5 Å². The first-order valence-electron chi connectivity index (χ1n) is 9.85. The van der Waals surface area contributed by atoms with Crippen LogP contribution in [0.5, 0.6) is 17.2 Å². The normalized spacial score (nSPS) is 19.6. The van der Waals surface area contributed by atoms with Gasteiger partial charge < -0.3 is 14.2 Å². The van der Waals surface area contributed by atoms with E-state index in [4.69, 9.17) is 19.3 Å². The summed E-state index contributed by atoms with van der Waals surface area (Å²) in [5, 5.41) is 9.17. The number of benzene rings is 2. The maximum atomic E-state index is 6.46. The Kier molecular flexibility index (Phi) is 5.16. The highest BCUT2D eigenvalue weighted by Gasteiger charge is 2.41. The summed E-state index contributed by atoms with van der Waals surface area (Å²) in [6, 6.07) is 16.6. The Labute approximate surface area is 188 Å². The molecule has 2 atom stereocenters. The molecule has 0 bridgehead atoms. The number of nitrogens with zero attached hydrogens (tertiary/aromatic N) is 2. The fourth-order valence-corrected chi connectivity index (χ4v) is 5.31. The van der Waals surface area contributed by atoms with Gasteiger partial charge in [0.15, 0.2) is 11.5 Å². The van der Waals surface area contributed by atoms with Gasteiger partial charge in [-0.25, -0.2) is 5.01 Å². The molecule has 0 radical (unpaired) electrons. The van der Waals surface area contributed by atoms with E-state index in [0.717, 1.165) is 27.9 Å². The van der Waals surface area contributed by atoms with Crippen molar-refractivity contribution in [2.75, 3.05) is 13.7 Å². The lowest BCUT2D eigenvalue weighted by molar-refractivity contribution is -0.0192. The number of para-hydroxylation sites is 1. The molecule has 1 aromatic heterocycles. The van der Waals surface area contributed by atoms with E-state index in [2.05, 4.69) is 50.6 Å². The monoisotopic (exact) mass is 484 g/mol. The van der Waals surface area contributed by atoms with Crippen LogP contribution >= 0.6 is 27.3 Å². The van der Waals surface area contributed by atoms with Crippen molar-refractivity contribution in [1.82, 2.24) is 5.01 Å². The molecule has 2 aliphatic rings. The number of methoxy groups -OCH3 is 1. The molecule has 3 heterocycles. The molecular formula is C23H21BrN2O3S. The van der Waals surface area contributed by atoms with E-state index >= 15 is 0 Å². The van der Waals surface area contributed by atoms with Crippen LogP contribution in [0.2, 0.25) is 0 Å². The number of rotatable bonds is 5. The fraction of sp³-hybridized carbons (Fsp3) is 0.261. The molecule has 2 aliphatic heterocycles. The Bertz CT molecular complexity index is 1100. The second-order valence-electron chi connectivity index (χ2n) is 7.10. The second-order valence-corrected chi connectivity index (χ2v) is 8.90. The van der Waals surface area contributed by atoms with Gasteiger partial charge in [-0.3, -0.25) is 0 Å². The number of halogens is 1. The molecule has 0 unspecified atom stereocenters. The largest absolute Gasteiger partial charge is 0.493 e. The van der Waals surface area contributed by atoms with Gasteiger partial charge in [-0.05, 0) is 52.5 Å². The molecule has 2 aromatic carbocycles. The highest BCUT2D eigenvalue weighted by Crippen LogP contribution is 2.49. The van der Waals surface area contributed by atoms with Gasteiger partial charge in [0.25, 0.3) is 0 Å². The average molecular weight is 485 g/mol. The summed E-state index contributed by atoms with van der Waals surface area (Å²) in [6.45, 7) is 2.51. The van der Waals surface area contributed by atoms with E-state index < -0.39 is 0 Å². The maximum Gasteiger partial charge on any atom is 0.214 e. The minimum atomic E-state index is -0.358. The van der Waals surface area contributed by atoms with E-state index in [1.807, 2.05) is 31.2 Å². The molecule has 3 aromatic rings. The Hall–Kier alpha value is -2.51. The molecule has 0 saturated carbocycles. The lowest BCUT2D eigenvalue weighted by atomic mass is 9.97. The summed E-state index contributed by atoms with van der Waals surface area (Å²) in [5.74, 6) is 2.26. The molecular weight excluding hydrogens is 464 g/mol. The molecule has 7 heteroatoms. The van der Waals surface area contributed by atoms with Gasteiger partial charge in [0.05, 0.1) is 34.8 Å². The lowest BCUT2D eigenvalue weighted by Crippen LogP contribution is -2.33. The molecule has 5 rings (SSSR count). The van der Waals surface area contributed by atoms with Crippen molar-refractivity contribution in [1.29, 1.82) is 0 Å². The summed E-state index contributed by atoms with van der Waals surface area (Å²) in [6.07, 6.45) is 0.496. The molecule has 0 fully saturated rings. The van der Waals surface area contributed by atoms with Gasteiger partial charge >= 0.3 is 0 Å². The number of hydrogen-bond acceptors (Lipinski definition) is 6. The number of fused-ring (bicyclic) bond motifs is 3. The molecule has 0 amide bonds. The van der Waals surface area contributed by atoms with Crippen LogP contribution in [0.15, 0.2) is 63.5 Å². The molecule has 0 N–H and O–H groups in total. The first-order chi connectivity index (χ1) is 14.7. The second kappa shape index (κ2) is 7.96. The lowest BCUT2D eigenvalue weighted by Gasteiger charge is -2.38. The van der Waals surface area contributed by atoms with E-state index in [-0.39, 0.29) is 12.3 Å². The Morgan fingerprint density at radius 1 is 1.23 bits per heavy atom. The van der Waals surface area contributed by atoms with Gasteiger partial charge in [-0.15, -0.1) is 11.3 Å². The van der Waals surface area contributed by atoms with Crippen molar-refractivity contribution < 1.29 is 14.2 Å². The first kappa shape index (κ1) is 19.5. The highest BCUT2D eigenvalue weighted by molar-refractivity contribution is 9.10. The third-order valence-electron chi connectivity index (χ3n) is 5.33. The third-order valence-corrected chi connectivity index (χ3v) is 6.84. The van der Waals surface area contributed by atoms with E-state index in [1.54, 1.807) is 18.4 Å². The van der Waals surface area contributed by atoms with Crippen LogP contribution in [0.4, 0.5) is 0 Å².